The average molecular weight is 376 g/mol. The number of benzene rings is 1. The van der Waals surface area contributed by atoms with Gasteiger partial charge in [-0.25, -0.2) is 0 Å². The zero-order chi connectivity index (χ0) is 19.1. The lowest BCUT2D eigenvalue weighted by atomic mass is 10.00. The number of rotatable bonds is 6. The third kappa shape index (κ3) is 3.70. The molecule has 1 saturated carbocycles. The van der Waals surface area contributed by atoms with Crippen molar-refractivity contribution in [2.45, 2.75) is 62.9 Å². The third-order valence-corrected chi connectivity index (χ3v) is 5.72. The molecule has 0 bridgehead atoms. The second-order valence-corrected chi connectivity index (χ2v) is 7.75. The van der Waals surface area contributed by atoms with Crippen molar-refractivity contribution >= 4 is 10.9 Å². The van der Waals surface area contributed by atoms with Crippen LogP contribution < -0.4 is 4.74 Å². The number of hydrogen-bond donors (Lipinski definition) is 4. The number of aromatic amines is 1. The number of H-pyrrole nitrogens is 1. The molecule has 4 rings (SSSR count). The zero-order valence-electron chi connectivity index (χ0n) is 15.7. The fourth-order valence-corrected chi connectivity index (χ4v) is 3.72. The van der Waals surface area contributed by atoms with E-state index in [0.717, 1.165) is 29.9 Å². The quantitative estimate of drug-likeness (QED) is 0.601. The van der Waals surface area contributed by atoms with Gasteiger partial charge in [0.1, 0.15) is 24.1 Å². The molecule has 0 radical (unpaired) electrons. The Morgan fingerprint density at radius 1 is 1.19 bits per heavy atom. The molecular weight excluding hydrogens is 348 g/mol. The summed E-state index contributed by atoms with van der Waals surface area (Å²) < 4.78 is 11.4. The van der Waals surface area contributed by atoms with E-state index in [1.807, 2.05) is 18.3 Å². The summed E-state index contributed by atoms with van der Waals surface area (Å²) in [6.07, 6.45) is 0.0789. The summed E-state index contributed by atoms with van der Waals surface area (Å²) in [7, 11) is 2.17. The van der Waals surface area contributed by atoms with Gasteiger partial charge in [0.25, 0.3) is 0 Å². The van der Waals surface area contributed by atoms with Crippen LogP contribution >= 0.6 is 0 Å². The van der Waals surface area contributed by atoms with Crippen LogP contribution in [0.15, 0.2) is 24.4 Å². The topological polar surface area (TPSA) is 98.2 Å². The summed E-state index contributed by atoms with van der Waals surface area (Å²) in [6.45, 7) is 2.65. The Balaban J connectivity index is 1.50. The Hall–Kier alpha value is -1.64. The van der Waals surface area contributed by atoms with Crippen LogP contribution in [-0.2, 0) is 11.2 Å². The van der Waals surface area contributed by atoms with E-state index in [2.05, 4.69) is 16.9 Å². The van der Waals surface area contributed by atoms with E-state index >= 15 is 0 Å². The summed E-state index contributed by atoms with van der Waals surface area (Å²) in [5, 5.41) is 31.1. The molecule has 2 heterocycles. The summed E-state index contributed by atoms with van der Waals surface area (Å²) in [5.41, 5.74) is 2.06. The Labute approximate surface area is 158 Å². The highest BCUT2D eigenvalue weighted by molar-refractivity contribution is 5.88. The fraction of sp³-hybridized carbons (Fsp3) is 0.600. The van der Waals surface area contributed by atoms with Crippen LogP contribution in [0, 0.1) is 0 Å². The number of aromatic nitrogens is 1. The SMILES string of the molecule is CC1OC(Oc2cccc3c(CCN(C)C4CC4)c[nH]c23)C(O)C(O)C1O. The highest BCUT2D eigenvalue weighted by atomic mass is 16.7. The number of nitrogens with one attached hydrogen (secondary N) is 1. The van der Waals surface area contributed by atoms with E-state index in [1.54, 1.807) is 13.0 Å². The molecule has 1 aliphatic heterocycles. The molecule has 1 aliphatic carbocycles. The lowest BCUT2D eigenvalue weighted by Crippen LogP contribution is -2.58. The minimum Gasteiger partial charge on any atom is -0.460 e. The molecule has 1 aromatic heterocycles. The van der Waals surface area contributed by atoms with Gasteiger partial charge < -0.3 is 34.7 Å². The Morgan fingerprint density at radius 2 is 1.96 bits per heavy atom. The van der Waals surface area contributed by atoms with E-state index in [4.69, 9.17) is 9.47 Å². The van der Waals surface area contributed by atoms with Crippen LogP contribution in [-0.4, -0.2) is 75.5 Å². The van der Waals surface area contributed by atoms with Gasteiger partial charge in [-0.05, 0) is 44.9 Å². The first-order valence-electron chi connectivity index (χ1n) is 9.61. The van der Waals surface area contributed by atoms with E-state index in [9.17, 15) is 15.3 Å². The molecule has 148 valence electrons. The summed E-state index contributed by atoms with van der Waals surface area (Å²) in [4.78, 5) is 5.67. The van der Waals surface area contributed by atoms with Crippen molar-refractivity contribution < 1.29 is 24.8 Å². The van der Waals surface area contributed by atoms with Crippen molar-refractivity contribution in [2.75, 3.05) is 13.6 Å². The number of aliphatic hydroxyl groups excluding tert-OH is 3. The molecule has 27 heavy (non-hydrogen) atoms. The van der Waals surface area contributed by atoms with Gasteiger partial charge in [-0.2, -0.15) is 0 Å². The molecule has 0 amide bonds. The van der Waals surface area contributed by atoms with Crippen molar-refractivity contribution in [1.29, 1.82) is 0 Å². The van der Waals surface area contributed by atoms with Crippen molar-refractivity contribution in [1.82, 2.24) is 9.88 Å². The zero-order valence-corrected chi connectivity index (χ0v) is 15.7. The molecule has 7 nitrogen and oxygen atoms in total. The normalized spacial score (nSPS) is 31.6. The molecule has 1 aromatic carbocycles. The highest BCUT2D eigenvalue weighted by Gasteiger charge is 2.43. The maximum Gasteiger partial charge on any atom is 0.229 e. The van der Waals surface area contributed by atoms with Gasteiger partial charge in [0.05, 0.1) is 11.6 Å². The average Bonchev–Trinajstić information content (AvgIpc) is 3.43. The Morgan fingerprint density at radius 3 is 2.70 bits per heavy atom. The number of ether oxygens (including phenoxy) is 2. The van der Waals surface area contributed by atoms with Gasteiger partial charge in [0.2, 0.25) is 6.29 Å². The van der Waals surface area contributed by atoms with Crippen LogP contribution in [0.5, 0.6) is 5.75 Å². The largest absolute Gasteiger partial charge is 0.460 e. The summed E-state index contributed by atoms with van der Waals surface area (Å²) >= 11 is 0. The first kappa shape index (κ1) is 18.7. The monoisotopic (exact) mass is 376 g/mol. The maximum atomic E-state index is 10.2. The molecule has 2 aliphatic rings. The molecule has 7 heteroatoms. The van der Waals surface area contributed by atoms with Crippen LogP contribution in [0.4, 0.5) is 0 Å². The minimum atomic E-state index is -1.33. The molecule has 5 unspecified atom stereocenters. The van der Waals surface area contributed by atoms with Gasteiger partial charge in [0, 0.05) is 24.2 Å². The number of likely N-dealkylation sites (N-methyl/N-ethyl adjacent to an activating group) is 1. The van der Waals surface area contributed by atoms with Gasteiger partial charge >= 0.3 is 0 Å². The summed E-state index contributed by atoms with van der Waals surface area (Å²) in [5.74, 6) is 0.550. The van der Waals surface area contributed by atoms with E-state index in [1.165, 1.54) is 18.4 Å². The number of nitrogens with zero attached hydrogens (tertiary/aromatic N) is 1. The smallest absolute Gasteiger partial charge is 0.229 e. The standard InChI is InChI=1S/C20H28N2O5/c1-11-17(23)18(24)19(25)20(26-11)27-15-5-3-4-14-12(10-21-16(14)15)8-9-22(2)13-6-7-13/h3-5,10-11,13,17-21,23-25H,6-9H2,1-2H3. The second kappa shape index (κ2) is 7.41. The lowest BCUT2D eigenvalue weighted by Gasteiger charge is -2.38. The Bertz CT molecular complexity index is 790. The van der Waals surface area contributed by atoms with Gasteiger partial charge in [0.15, 0.2) is 0 Å². The lowest BCUT2D eigenvalue weighted by molar-refractivity contribution is -0.267. The number of hydrogen-bond acceptors (Lipinski definition) is 6. The van der Waals surface area contributed by atoms with Gasteiger partial charge in [-0.1, -0.05) is 12.1 Å². The van der Waals surface area contributed by atoms with Crippen LogP contribution in [0.3, 0.4) is 0 Å². The number of aliphatic hydroxyl groups is 3. The van der Waals surface area contributed by atoms with Crippen LogP contribution in [0.2, 0.25) is 0 Å². The predicted octanol–water partition coefficient (Wildman–Crippen LogP) is 1.01. The number of fused-ring (bicyclic) bond motifs is 1. The van der Waals surface area contributed by atoms with Crippen molar-refractivity contribution in [3.8, 4) is 5.75 Å². The second-order valence-electron chi connectivity index (χ2n) is 7.75. The van der Waals surface area contributed by atoms with Crippen molar-refractivity contribution in [3.63, 3.8) is 0 Å². The highest BCUT2D eigenvalue weighted by Crippen LogP contribution is 2.31. The molecule has 0 spiro atoms. The number of para-hydroxylation sites is 1. The Kier molecular flexibility index (Phi) is 5.13. The van der Waals surface area contributed by atoms with E-state index in [0.29, 0.717) is 5.75 Å². The fourth-order valence-electron chi connectivity index (χ4n) is 3.72. The van der Waals surface area contributed by atoms with Crippen LogP contribution in [0.1, 0.15) is 25.3 Å². The molecule has 4 N–H and O–H groups in total. The minimum absolute atomic E-state index is 0.550. The molecule has 2 fully saturated rings. The van der Waals surface area contributed by atoms with E-state index < -0.39 is 30.7 Å². The van der Waals surface area contributed by atoms with Gasteiger partial charge in [-0.3, -0.25) is 0 Å². The third-order valence-electron chi connectivity index (χ3n) is 5.72. The molecule has 1 saturated heterocycles. The summed E-state index contributed by atoms with van der Waals surface area (Å²) in [6, 6.07) is 6.49. The first-order valence-corrected chi connectivity index (χ1v) is 9.61. The van der Waals surface area contributed by atoms with Gasteiger partial charge in [-0.15, -0.1) is 0 Å². The maximum absolute atomic E-state index is 10.2. The van der Waals surface area contributed by atoms with Crippen molar-refractivity contribution in [2.24, 2.45) is 0 Å². The molecular formula is C20H28N2O5. The predicted molar refractivity (Wildman–Crippen MR) is 101 cm³/mol. The van der Waals surface area contributed by atoms with E-state index in [-0.39, 0.29) is 0 Å². The first-order chi connectivity index (χ1) is 13.0. The van der Waals surface area contributed by atoms with Crippen LogP contribution in [0.25, 0.3) is 10.9 Å². The molecule has 5 atom stereocenters. The van der Waals surface area contributed by atoms with Crippen molar-refractivity contribution in [3.05, 3.63) is 30.0 Å². The molecule has 2 aromatic rings.